The molecule has 0 spiro atoms. The Morgan fingerprint density at radius 2 is 1.68 bits per heavy atom. The molecule has 1 unspecified atom stereocenters. The first kappa shape index (κ1) is 26.9. The largest absolute Gasteiger partial charge is 0.507 e. The number of nitrogens with zero attached hydrogens (tertiary/aromatic N) is 2. The molecule has 1 amide bonds. The van der Waals surface area contributed by atoms with E-state index in [0.29, 0.717) is 22.6 Å². The van der Waals surface area contributed by atoms with E-state index < -0.39 is 17.7 Å². The van der Waals surface area contributed by atoms with Crippen LogP contribution in [0.2, 0.25) is 0 Å². The van der Waals surface area contributed by atoms with Crippen molar-refractivity contribution in [3.63, 3.8) is 0 Å². The number of hydrogen-bond donors (Lipinski definition) is 1. The molecule has 1 saturated heterocycles. The number of carbonyl (C=O) groups is 2. The van der Waals surface area contributed by atoms with Gasteiger partial charge in [-0.2, -0.15) is 0 Å². The Morgan fingerprint density at radius 3 is 2.38 bits per heavy atom. The molecular weight excluding hydrogens is 500 g/mol. The molecule has 2 heterocycles. The average molecular weight is 533 g/mol. The Kier molecular flexibility index (Phi) is 7.26. The van der Waals surface area contributed by atoms with Crippen LogP contribution in [0.3, 0.4) is 0 Å². The summed E-state index contributed by atoms with van der Waals surface area (Å²) in [7, 11) is 0. The van der Waals surface area contributed by atoms with E-state index in [1.807, 2.05) is 85.8 Å². The van der Waals surface area contributed by atoms with E-state index in [1.165, 1.54) is 4.90 Å². The van der Waals surface area contributed by atoms with Gasteiger partial charge in [0.05, 0.1) is 11.6 Å². The van der Waals surface area contributed by atoms with Crippen LogP contribution in [0.5, 0.6) is 11.5 Å². The van der Waals surface area contributed by atoms with E-state index in [4.69, 9.17) is 4.74 Å². The van der Waals surface area contributed by atoms with Gasteiger partial charge in [0.15, 0.2) is 0 Å². The molecule has 5 rings (SSSR count). The molecule has 0 saturated carbocycles. The zero-order valence-electron chi connectivity index (χ0n) is 23.1. The maximum atomic E-state index is 13.6. The molecule has 1 atom stereocenters. The topological polar surface area (TPSA) is 79.7 Å². The Hall–Kier alpha value is -4.71. The number of ketones is 1. The molecule has 6 heteroatoms. The number of carbonyl (C=O) groups excluding carboxylic acids is 2. The fourth-order valence-electron chi connectivity index (χ4n) is 4.94. The van der Waals surface area contributed by atoms with Crippen molar-refractivity contribution in [2.75, 3.05) is 0 Å². The van der Waals surface area contributed by atoms with Gasteiger partial charge in [0.25, 0.3) is 11.7 Å². The summed E-state index contributed by atoms with van der Waals surface area (Å²) in [4.78, 5) is 32.8. The van der Waals surface area contributed by atoms with Crippen molar-refractivity contribution in [2.24, 2.45) is 0 Å². The number of amides is 1. The number of aliphatic hydroxyl groups is 1. The van der Waals surface area contributed by atoms with Crippen LogP contribution in [0.4, 0.5) is 0 Å². The minimum atomic E-state index is -0.822. The van der Waals surface area contributed by atoms with Gasteiger partial charge in [-0.1, -0.05) is 69.3 Å². The van der Waals surface area contributed by atoms with Crippen LogP contribution in [-0.4, -0.2) is 26.7 Å². The van der Waals surface area contributed by atoms with Crippen LogP contribution in [0.1, 0.15) is 54.6 Å². The molecule has 4 aromatic rings. The zero-order chi connectivity index (χ0) is 28.4. The summed E-state index contributed by atoms with van der Waals surface area (Å²) in [6.45, 7) is 8.31. The van der Waals surface area contributed by atoms with E-state index >= 15 is 0 Å². The Morgan fingerprint density at radius 1 is 0.925 bits per heavy atom. The van der Waals surface area contributed by atoms with Gasteiger partial charge in [0.1, 0.15) is 17.3 Å². The number of rotatable bonds is 6. The van der Waals surface area contributed by atoms with Crippen molar-refractivity contribution in [1.29, 1.82) is 0 Å². The van der Waals surface area contributed by atoms with Gasteiger partial charge in [-0.05, 0) is 71.0 Å². The molecule has 1 N–H and O–H groups in total. The monoisotopic (exact) mass is 532 g/mol. The SMILES string of the molecule is Cc1ccc(C(C)(C)C)cc1/C(O)=C1\C(=O)C(=O)N(Cc2cccnc2)C1c1cccc(Oc2ccccc2)c1. The standard InChI is InChI=1S/C34H32N2O4/c1-22-15-16-25(34(2,3)4)19-28(22)31(37)29-30(36(33(39)32(29)38)21-23-10-9-17-35-20-23)24-11-8-14-27(18-24)40-26-12-6-5-7-13-26/h5-20,30,37H,21H2,1-4H3/b31-29+. The zero-order valence-corrected chi connectivity index (χ0v) is 23.1. The Bertz CT molecular complexity index is 1590. The van der Waals surface area contributed by atoms with Crippen molar-refractivity contribution >= 4 is 17.4 Å². The first-order valence-corrected chi connectivity index (χ1v) is 13.2. The third-order valence-corrected chi connectivity index (χ3v) is 7.13. The van der Waals surface area contributed by atoms with Gasteiger partial charge in [-0.25, -0.2) is 0 Å². The van der Waals surface area contributed by atoms with Crippen molar-refractivity contribution in [1.82, 2.24) is 9.88 Å². The highest BCUT2D eigenvalue weighted by molar-refractivity contribution is 6.46. The molecule has 3 aromatic carbocycles. The number of aliphatic hydroxyl groups excluding tert-OH is 1. The minimum absolute atomic E-state index is 0.0555. The number of likely N-dealkylation sites (tertiary alicyclic amines) is 1. The number of Topliss-reactive ketones (excluding diaryl/α,β-unsaturated/α-hetero) is 1. The second kappa shape index (κ2) is 10.8. The molecule has 1 aliphatic heterocycles. The number of benzene rings is 3. The molecule has 202 valence electrons. The lowest BCUT2D eigenvalue weighted by Crippen LogP contribution is -2.29. The summed E-state index contributed by atoms with van der Waals surface area (Å²) in [5.41, 5.74) is 3.67. The predicted molar refractivity (Wildman–Crippen MR) is 155 cm³/mol. The van der Waals surface area contributed by atoms with Crippen molar-refractivity contribution in [2.45, 2.75) is 45.7 Å². The van der Waals surface area contributed by atoms with Crippen LogP contribution >= 0.6 is 0 Å². The molecule has 1 aliphatic rings. The quantitative estimate of drug-likeness (QED) is 0.163. The Labute approximate surface area is 234 Å². The number of pyridine rings is 1. The molecular formula is C34H32N2O4. The molecule has 6 nitrogen and oxygen atoms in total. The summed E-state index contributed by atoms with van der Waals surface area (Å²) in [5.74, 6) is -0.356. The van der Waals surface area contributed by atoms with Crippen LogP contribution < -0.4 is 4.74 Å². The second-order valence-electron chi connectivity index (χ2n) is 11.1. The van der Waals surface area contributed by atoms with E-state index in [2.05, 4.69) is 25.8 Å². The first-order chi connectivity index (χ1) is 19.1. The molecule has 40 heavy (non-hydrogen) atoms. The highest BCUT2D eigenvalue weighted by atomic mass is 16.5. The lowest BCUT2D eigenvalue weighted by atomic mass is 9.84. The summed E-state index contributed by atoms with van der Waals surface area (Å²) in [6.07, 6.45) is 3.33. The highest BCUT2D eigenvalue weighted by Gasteiger charge is 2.46. The lowest BCUT2D eigenvalue weighted by Gasteiger charge is -2.26. The van der Waals surface area contributed by atoms with Crippen molar-refractivity contribution in [3.8, 4) is 11.5 Å². The Balaban J connectivity index is 1.66. The number of aromatic nitrogens is 1. The third-order valence-electron chi connectivity index (χ3n) is 7.13. The van der Waals surface area contributed by atoms with Crippen LogP contribution in [0.15, 0.2) is 103 Å². The minimum Gasteiger partial charge on any atom is -0.507 e. The van der Waals surface area contributed by atoms with E-state index in [0.717, 1.165) is 16.7 Å². The van der Waals surface area contributed by atoms with Crippen molar-refractivity contribution in [3.05, 3.63) is 131 Å². The third kappa shape index (κ3) is 5.38. The van der Waals surface area contributed by atoms with Gasteiger partial charge in [0, 0.05) is 24.5 Å². The van der Waals surface area contributed by atoms with E-state index in [1.54, 1.807) is 18.5 Å². The van der Waals surface area contributed by atoms with Gasteiger partial charge < -0.3 is 14.7 Å². The maximum absolute atomic E-state index is 13.6. The van der Waals surface area contributed by atoms with Crippen LogP contribution in [-0.2, 0) is 21.5 Å². The molecule has 0 aliphatic carbocycles. The second-order valence-corrected chi connectivity index (χ2v) is 11.1. The maximum Gasteiger partial charge on any atom is 0.295 e. The van der Waals surface area contributed by atoms with Crippen molar-refractivity contribution < 1.29 is 19.4 Å². The predicted octanol–water partition coefficient (Wildman–Crippen LogP) is 7.10. The smallest absolute Gasteiger partial charge is 0.295 e. The average Bonchev–Trinajstić information content (AvgIpc) is 3.18. The first-order valence-electron chi connectivity index (χ1n) is 13.2. The van der Waals surface area contributed by atoms with Crippen LogP contribution in [0.25, 0.3) is 5.76 Å². The van der Waals surface area contributed by atoms with Crippen LogP contribution in [0, 0.1) is 6.92 Å². The number of para-hydroxylation sites is 1. The summed E-state index contributed by atoms with van der Waals surface area (Å²) < 4.78 is 6.06. The molecule has 0 radical (unpaired) electrons. The number of hydrogen-bond acceptors (Lipinski definition) is 5. The highest BCUT2D eigenvalue weighted by Crippen LogP contribution is 2.42. The summed E-state index contributed by atoms with van der Waals surface area (Å²) in [6, 6.07) is 25.4. The fraction of sp³-hybridized carbons (Fsp3) is 0.206. The normalized spacial score (nSPS) is 16.8. The summed E-state index contributed by atoms with van der Waals surface area (Å²) >= 11 is 0. The van der Waals surface area contributed by atoms with Gasteiger partial charge in [-0.15, -0.1) is 0 Å². The molecule has 1 aromatic heterocycles. The fourth-order valence-corrected chi connectivity index (χ4v) is 4.94. The number of aryl methyl sites for hydroxylation is 1. The van der Waals surface area contributed by atoms with Gasteiger partial charge in [-0.3, -0.25) is 14.6 Å². The van der Waals surface area contributed by atoms with E-state index in [9.17, 15) is 14.7 Å². The van der Waals surface area contributed by atoms with E-state index in [-0.39, 0.29) is 23.3 Å². The molecule has 0 bridgehead atoms. The molecule has 1 fully saturated rings. The number of ether oxygens (including phenoxy) is 1. The lowest BCUT2D eigenvalue weighted by molar-refractivity contribution is -0.140. The summed E-state index contributed by atoms with van der Waals surface area (Å²) in [5, 5.41) is 11.7. The van der Waals surface area contributed by atoms with Gasteiger partial charge >= 0.3 is 0 Å². The van der Waals surface area contributed by atoms with Gasteiger partial charge in [0.2, 0.25) is 0 Å².